The molecule has 0 amide bonds. The van der Waals surface area contributed by atoms with Gasteiger partial charge in [0.2, 0.25) is 0 Å². The molecule has 0 aromatic heterocycles. The van der Waals surface area contributed by atoms with Crippen LogP contribution in [0.3, 0.4) is 0 Å². The number of carboxylic acids is 1. The lowest BCUT2D eigenvalue weighted by Gasteiger charge is -2.13. The van der Waals surface area contributed by atoms with E-state index >= 15 is 0 Å². The number of hydrogen-bond acceptors (Lipinski definition) is 3. The Kier molecular flexibility index (Phi) is 5.52. The molecule has 0 fully saturated rings. The number of hydrogen-bond donors (Lipinski definition) is 2. The molecule has 6 heteroatoms. The van der Waals surface area contributed by atoms with E-state index in [1.54, 1.807) is 0 Å². The highest BCUT2D eigenvalue weighted by Crippen LogP contribution is 2.30. The van der Waals surface area contributed by atoms with Crippen molar-refractivity contribution in [2.75, 3.05) is 18.5 Å². The Labute approximate surface area is 138 Å². The summed E-state index contributed by atoms with van der Waals surface area (Å²) in [5, 5.41) is 12.7. The standard InChI is InChI=1S/C16H15Cl2NO3/c1-10-3-2-4-12(7-10)22-6-5-19-15-13(16(20)21)8-11(17)9-14(15)18/h2-4,7-9,19H,5-6H2,1H3,(H,20,21). The number of aromatic carboxylic acids is 1. The van der Waals surface area contributed by atoms with Crippen molar-refractivity contribution in [3.63, 3.8) is 0 Å². The maximum atomic E-state index is 11.2. The number of halogens is 2. The molecule has 0 heterocycles. The van der Waals surface area contributed by atoms with Gasteiger partial charge < -0.3 is 15.2 Å². The van der Waals surface area contributed by atoms with Crippen molar-refractivity contribution in [2.24, 2.45) is 0 Å². The third-order valence-corrected chi connectivity index (χ3v) is 3.46. The molecule has 0 aliphatic heterocycles. The van der Waals surface area contributed by atoms with E-state index in [4.69, 9.17) is 27.9 Å². The molecule has 0 bridgehead atoms. The van der Waals surface area contributed by atoms with Crippen molar-refractivity contribution in [3.05, 3.63) is 57.6 Å². The minimum Gasteiger partial charge on any atom is -0.492 e. The number of rotatable bonds is 6. The summed E-state index contributed by atoms with van der Waals surface area (Å²) in [6, 6.07) is 10.6. The molecule has 0 aliphatic rings. The summed E-state index contributed by atoms with van der Waals surface area (Å²) in [6.45, 7) is 2.77. The average Bonchev–Trinajstić information content (AvgIpc) is 2.44. The second-order valence-corrected chi connectivity index (χ2v) is 5.55. The molecule has 4 nitrogen and oxygen atoms in total. The maximum Gasteiger partial charge on any atom is 0.337 e. The molecule has 22 heavy (non-hydrogen) atoms. The van der Waals surface area contributed by atoms with Crippen molar-refractivity contribution in [2.45, 2.75) is 6.92 Å². The predicted molar refractivity (Wildman–Crippen MR) is 88.6 cm³/mol. The van der Waals surface area contributed by atoms with Crippen molar-refractivity contribution in [1.29, 1.82) is 0 Å². The van der Waals surface area contributed by atoms with Crippen LogP contribution >= 0.6 is 23.2 Å². The SMILES string of the molecule is Cc1cccc(OCCNc2c(Cl)cc(Cl)cc2C(=O)O)c1. The van der Waals surface area contributed by atoms with Gasteiger partial charge in [-0.3, -0.25) is 0 Å². The van der Waals surface area contributed by atoms with Crippen LogP contribution in [0.1, 0.15) is 15.9 Å². The molecule has 2 rings (SSSR count). The molecular weight excluding hydrogens is 325 g/mol. The largest absolute Gasteiger partial charge is 0.492 e. The highest BCUT2D eigenvalue weighted by Gasteiger charge is 2.14. The number of ether oxygens (including phenoxy) is 1. The Morgan fingerprint density at radius 1 is 1.27 bits per heavy atom. The molecule has 0 radical (unpaired) electrons. The van der Waals surface area contributed by atoms with Crippen molar-refractivity contribution < 1.29 is 14.6 Å². The number of aryl methyl sites for hydroxylation is 1. The van der Waals surface area contributed by atoms with Crippen LogP contribution in [-0.4, -0.2) is 24.2 Å². The molecule has 0 unspecified atom stereocenters. The fourth-order valence-corrected chi connectivity index (χ4v) is 2.53. The maximum absolute atomic E-state index is 11.2. The van der Waals surface area contributed by atoms with Gasteiger partial charge in [0.15, 0.2) is 0 Å². The summed E-state index contributed by atoms with van der Waals surface area (Å²) in [5.74, 6) is -0.325. The van der Waals surface area contributed by atoms with E-state index in [-0.39, 0.29) is 15.6 Å². The van der Waals surface area contributed by atoms with E-state index in [0.717, 1.165) is 11.3 Å². The zero-order valence-electron chi connectivity index (χ0n) is 11.9. The third-order valence-electron chi connectivity index (χ3n) is 2.95. The van der Waals surface area contributed by atoms with Gasteiger partial charge in [0.1, 0.15) is 12.4 Å². The van der Waals surface area contributed by atoms with E-state index in [1.165, 1.54) is 12.1 Å². The monoisotopic (exact) mass is 339 g/mol. The van der Waals surface area contributed by atoms with E-state index in [1.807, 2.05) is 31.2 Å². The zero-order valence-corrected chi connectivity index (χ0v) is 13.4. The Balaban J connectivity index is 1.98. The number of anilines is 1. The second-order valence-electron chi connectivity index (χ2n) is 4.71. The molecule has 0 saturated carbocycles. The number of carbonyl (C=O) groups is 1. The Hall–Kier alpha value is -1.91. The van der Waals surface area contributed by atoms with Gasteiger partial charge in [-0.25, -0.2) is 4.79 Å². The average molecular weight is 340 g/mol. The van der Waals surface area contributed by atoms with Crippen molar-refractivity contribution in [3.8, 4) is 5.75 Å². The smallest absolute Gasteiger partial charge is 0.337 e. The first-order valence-corrected chi connectivity index (χ1v) is 7.38. The van der Waals surface area contributed by atoms with E-state index in [2.05, 4.69) is 5.32 Å². The molecule has 0 saturated heterocycles. The molecule has 2 aromatic rings. The number of benzene rings is 2. The third kappa shape index (κ3) is 4.29. The molecule has 0 spiro atoms. The van der Waals surface area contributed by atoms with Crippen LogP contribution in [0.15, 0.2) is 36.4 Å². The van der Waals surface area contributed by atoms with Gasteiger partial charge in [0.05, 0.1) is 16.3 Å². The predicted octanol–water partition coefficient (Wildman–Crippen LogP) is 4.49. The van der Waals surface area contributed by atoms with Gasteiger partial charge in [0.25, 0.3) is 0 Å². The Morgan fingerprint density at radius 3 is 2.73 bits per heavy atom. The topological polar surface area (TPSA) is 58.6 Å². The number of nitrogens with one attached hydrogen (secondary N) is 1. The van der Waals surface area contributed by atoms with Crippen LogP contribution in [0, 0.1) is 6.92 Å². The fraction of sp³-hybridized carbons (Fsp3) is 0.188. The molecule has 116 valence electrons. The van der Waals surface area contributed by atoms with Crippen molar-refractivity contribution >= 4 is 34.9 Å². The fourth-order valence-electron chi connectivity index (χ4n) is 1.97. The summed E-state index contributed by atoms with van der Waals surface area (Å²) >= 11 is 11.9. The Bertz CT molecular complexity index is 689. The summed E-state index contributed by atoms with van der Waals surface area (Å²) in [4.78, 5) is 11.2. The minimum atomic E-state index is -1.09. The van der Waals surface area contributed by atoms with Crippen LogP contribution in [0.4, 0.5) is 5.69 Å². The van der Waals surface area contributed by atoms with Crippen LogP contribution in [0.5, 0.6) is 5.75 Å². The number of carboxylic acid groups (broad SMARTS) is 1. The van der Waals surface area contributed by atoms with Crippen LogP contribution in [0.25, 0.3) is 0 Å². The molecule has 2 aromatic carbocycles. The molecule has 0 atom stereocenters. The zero-order chi connectivity index (χ0) is 16.1. The summed E-state index contributed by atoms with van der Waals surface area (Å²) in [6.07, 6.45) is 0. The summed E-state index contributed by atoms with van der Waals surface area (Å²) < 4.78 is 5.59. The van der Waals surface area contributed by atoms with Gasteiger partial charge in [-0.2, -0.15) is 0 Å². The van der Waals surface area contributed by atoms with Crippen LogP contribution in [-0.2, 0) is 0 Å². The lowest BCUT2D eigenvalue weighted by atomic mass is 10.2. The van der Waals surface area contributed by atoms with E-state index in [9.17, 15) is 9.90 Å². The van der Waals surface area contributed by atoms with Gasteiger partial charge >= 0.3 is 5.97 Å². The highest BCUT2D eigenvalue weighted by molar-refractivity contribution is 6.37. The summed E-state index contributed by atoms with van der Waals surface area (Å²) in [7, 11) is 0. The van der Waals surface area contributed by atoms with Crippen molar-refractivity contribution in [1.82, 2.24) is 0 Å². The first kappa shape index (κ1) is 16.5. The first-order chi connectivity index (χ1) is 10.5. The Morgan fingerprint density at radius 2 is 2.05 bits per heavy atom. The minimum absolute atomic E-state index is 0.0352. The quantitative estimate of drug-likeness (QED) is 0.761. The molecular formula is C16H15Cl2NO3. The van der Waals surface area contributed by atoms with E-state index < -0.39 is 5.97 Å². The normalized spacial score (nSPS) is 10.3. The van der Waals surface area contributed by atoms with Gasteiger partial charge in [-0.05, 0) is 36.8 Å². The lowest BCUT2D eigenvalue weighted by molar-refractivity contribution is 0.0698. The van der Waals surface area contributed by atoms with E-state index in [0.29, 0.717) is 18.8 Å². The van der Waals surface area contributed by atoms with Gasteiger partial charge in [-0.1, -0.05) is 35.3 Å². The second kappa shape index (κ2) is 7.38. The lowest BCUT2D eigenvalue weighted by Crippen LogP contribution is -2.14. The van der Waals surface area contributed by atoms with Gasteiger partial charge in [0, 0.05) is 11.6 Å². The van der Waals surface area contributed by atoms with Gasteiger partial charge in [-0.15, -0.1) is 0 Å². The molecule has 0 aliphatic carbocycles. The summed E-state index contributed by atoms with van der Waals surface area (Å²) in [5.41, 5.74) is 1.49. The van der Waals surface area contributed by atoms with Crippen LogP contribution in [0.2, 0.25) is 10.0 Å². The molecule has 2 N–H and O–H groups in total. The van der Waals surface area contributed by atoms with Crippen LogP contribution < -0.4 is 10.1 Å². The first-order valence-electron chi connectivity index (χ1n) is 6.63. The highest BCUT2D eigenvalue weighted by atomic mass is 35.5.